The van der Waals surface area contributed by atoms with E-state index in [9.17, 15) is 14.7 Å². The van der Waals surface area contributed by atoms with E-state index in [1.54, 1.807) is 67.8 Å². The summed E-state index contributed by atoms with van der Waals surface area (Å²) in [5, 5.41) is 11.7. The number of aromatic nitrogens is 1. The van der Waals surface area contributed by atoms with Crippen molar-refractivity contribution in [1.29, 1.82) is 0 Å². The Labute approximate surface area is 188 Å². The lowest BCUT2D eigenvalue weighted by atomic mass is 9.96. The minimum absolute atomic E-state index is 0.0313. The molecule has 1 amide bonds. The average Bonchev–Trinajstić information content (AvgIpc) is 3.36. The highest BCUT2D eigenvalue weighted by atomic mass is 35.5. The van der Waals surface area contributed by atoms with Gasteiger partial charge in [-0.1, -0.05) is 17.7 Å². The zero-order valence-corrected chi connectivity index (χ0v) is 17.7. The van der Waals surface area contributed by atoms with Gasteiger partial charge in [0, 0.05) is 28.7 Å². The maximum atomic E-state index is 13.2. The number of ether oxygens (including phenoxy) is 2. The summed E-state index contributed by atoms with van der Waals surface area (Å²) in [4.78, 5) is 31.9. The van der Waals surface area contributed by atoms with Gasteiger partial charge >= 0.3 is 0 Å². The van der Waals surface area contributed by atoms with E-state index in [-0.39, 0.29) is 18.1 Å². The van der Waals surface area contributed by atoms with E-state index in [4.69, 9.17) is 21.1 Å². The first-order valence-electron chi connectivity index (χ1n) is 9.83. The van der Waals surface area contributed by atoms with E-state index in [2.05, 4.69) is 4.98 Å². The predicted octanol–water partition coefficient (Wildman–Crippen LogP) is 4.40. The number of aryl methyl sites for hydroxylation is 1. The summed E-state index contributed by atoms with van der Waals surface area (Å²) in [6.45, 7) is 1.88. The second kappa shape index (κ2) is 7.69. The van der Waals surface area contributed by atoms with Crippen molar-refractivity contribution in [2.45, 2.75) is 13.0 Å². The van der Waals surface area contributed by atoms with Crippen molar-refractivity contribution in [3.63, 3.8) is 0 Å². The Morgan fingerprint density at radius 3 is 2.69 bits per heavy atom. The van der Waals surface area contributed by atoms with Crippen LogP contribution in [0.3, 0.4) is 0 Å². The van der Waals surface area contributed by atoms with Gasteiger partial charge < -0.3 is 14.6 Å². The Kier molecular flexibility index (Phi) is 4.83. The quantitative estimate of drug-likeness (QED) is 0.363. The lowest BCUT2D eigenvalue weighted by Gasteiger charge is -2.26. The van der Waals surface area contributed by atoms with Gasteiger partial charge in [-0.25, -0.2) is 0 Å². The summed E-state index contributed by atoms with van der Waals surface area (Å²) >= 11 is 6.10. The number of anilines is 1. The van der Waals surface area contributed by atoms with Gasteiger partial charge in [-0.05, 0) is 60.5 Å². The van der Waals surface area contributed by atoms with Gasteiger partial charge in [0.25, 0.3) is 11.7 Å². The van der Waals surface area contributed by atoms with Crippen LogP contribution < -0.4 is 14.4 Å². The number of Topliss-reactive ketones (excluding diaryl/α,β-unsaturated/α-hetero) is 1. The third-order valence-corrected chi connectivity index (χ3v) is 5.74. The molecule has 0 spiro atoms. The van der Waals surface area contributed by atoms with Crippen molar-refractivity contribution in [2.24, 2.45) is 0 Å². The summed E-state index contributed by atoms with van der Waals surface area (Å²) < 4.78 is 10.7. The van der Waals surface area contributed by atoms with Crippen molar-refractivity contribution in [3.8, 4) is 11.5 Å². The number of amides is 1. The molecule has 1 saturated heterocycles. The molecular formula is C24H17ClN2O5. The average molecular weight is 449 g/mol. The number of pyridine rings is 1. The summed E-state index contributed by atoms with van der Waals surface area (Å²) in [7, 11) is 0. The Morgan fingerprint density at radius 1 is 1.12 bits per heavy atom. The number of fused-ring (bicyclic) bond motifs is 1. The maximum Gasteiger partial charge on any atom is 0.300 e. The Bertz CT molecular complexity index is 1290. The third kappa shape index (κ3) is 3.18. The molecule has 3 heterocycles. The Morgan fingerprint density at radius 2 is 1.94 bits per heavy atom. The van der Waals surface area contributed by atoms with Crippen LogP contribution in [-0.4, -0.2) is 28.6 Å². The Balaban J connectivity index is 1.71. The minimum Gasteiger partial charge on any atom is -0.507 e. The van der Waals surface area contributed by atoms with E-state index < -0.39 is 17.7 Å². The number of benzene rings is 2. The number of hydrogen-bond donors (Lipinski definition) is 1. The third-order valence-electron chi connectivity index (χ3n) is 5.51. The molecule has 160 valence electrons. The normalized spacial score (nSPS) is 18.9. The first kappa shape index (κ1) is 20.1. The molecule has 1 N–H and O–H groups in total. The van der Waals surface area contributed by atoms with E-state index >= 15 is 0 Å². The fraction of sp³-hybridized carbons (Fsp3) is 0.125. The first-order valence-corrected chi connectivity index (χ1v) is 10.2. The van der Waals surface area contributed by atoms with Crippen LogP contribution in [0.4, 0.5) is 5.69 Å². The lowest BCUT2D eigenvalue weighted by molar-refractivity contribution is -0.132. The molecule has 0 bridgehead atoms. The number of nitrogens with zero attached hydrogens (tertiary/aromatic N) is 2. The second-order valence-electron chi connectivity index (χ2n) is 7.45. The number of carbonyl (C=O) groups is 2. The van der Waals surface area contributed by atoms with Gasteiger partial charge in [0.05, 0.1) is 11.6 Å². The van der Waals surface area contributed by atoms with Crippen LogP contribution in [0.2, 0.25) is 5.02 Å². The molecule has 1 unspecified atom stereocenters. The standard InChI is InChI=1S/C24H17ClN2O5/c1-13-9-16(25)5-6-17(13)27-21(15-3-2-8-26-11-15)20(23(29)24(27)30)22(28)14-4-7-18-19(10-14)32-12-31-18/h2-11,21,28H,12H2,1H3/b22-20-. The molecule has 7 nitrogen and oxygen atoms in total. The van der Waals surface area contributed by atoms with Crippen molar-refractivity contribution in [3.05, 3.63) is 88.2 Å². The van der Waals surface area contributed by atoms with E-state index in [1.807, 2.05) is 0 Å². The van der Waals surface area contributed by atoms with Gasteiger partial charge in [-0.3, -0.25) is 19.5 Å². The number of hydrogen-bond acceptors (Lipinski definition) is 6. The molecule has 5 rings (SSSR count). The van der Waals surface area contributed by atoms with Gasteiger partial charge in [0.1, 0.15) is 5.76 Å². The van der Waals surface area contributed by atoms with Crippen LogP contribution in [0, 0.1) is 6.92 Å². The fourth-order valence-electron chi connectivity index (χ4n) is 4.02. The monoisotopic (exact) mass is 448 g/mol. The van der Waals surface area contributed by atoms with Crippen LogP contribution in [0.5, 0.6) is 11.5 Å². The van der Waals surface area contributed by atoms with Gasteiger partial charge in [0.15, 0.2) is 11.5 Å². The number of aliphatic hydroxyl groups is 1. The van der Waals surface area contributed by atoms with Gasteiger partial charge in [0.2, 0.25) is 6.79 Å². The molecule has 1 fully saturated rings. The molecule has 0 saturated carbocycles. The maximum absolute atomic E-state index is 13.2. The topological polar surface area (TPSA) is 89.0 Å². The minimum atomic E-state index is -0.867. The number of ketones is 1. The SMILES string of the molecule is Cc1cc(Cl)ccc1N1C(=O)C(=O)/C(=C(\O)c2ccc3c(c2)OCO3)C1c1cccnc1. The number of halogens is 1. The van der Waals surface area contributed by atoms with Crippen LogP contribution in [-0.2, 0) is 9.59 Å². The zero-order valence-electron chi connectivity index (χ0n) is 16.9. The van der Waals surface area contributed by atoms with Crippen LogP contribution in [0.15, 0.2) is 66.5 Å². The van der Waals surface area contributed by atoms with Crippen molar-refractivity contribution in [1.82, 2.24) is 4.98 Å². The molecule has 0 aliphatic carbocycles. The molecule has 32 heavy (non-hydrogen) atoms. The van der Waals surface area contributed by atoms with E-state index in [0.717, 1.165) is 5.56 Å². The van der Waals surface area contributed by atoms with E-state index in [0.29, 0.717) is 33.3 Å². The van der Waals surface area contributed by atoms with Crippen molar-refractivity contribution < 1.29 is 24.2 Å². The molecular weight excluding hydrogens is 432 g/mol. The largest absolute Gasteiger partial charge is 0.507 e. The highest BCUT2D eigenvalue weighted by Gasteiger charge is 2.47. The van der Waals surface area contributed by atoms with Gasteiger partial charge in [-0.15, -0.1) is 0 Å². The lowest BCUT2D eigenvalue weighted by Crippen LogP contribution is -2.30. The first-order chi connectivity index (χ1) is 15.5. The number of carbonyl (C=O) groups excluding carboxylic acids is 2. The molecule has 2 aromatic carbocycles. The van der Waals surface area contributed by atoms with Crippen LogP contribution in [0.1, 0.15) is 22.7 Å². The molecule has 0 radical (unpaired) electrons. The second-order valence-corrected chi connectivity index (χ2v) is 7.89. The highest BCUT2D eigenvalue weighted by molar-refractivity contribution is 6.51. The van der Waals surface area contributed by atoms with Crippen LogP contribution in [0.25, 0.3) is 5.76 Å². The molecule has 2 aliphatic rings. The van der Waals surface area contributed by atoms with Crippen LogP contribution >= 0.6 is 11.6 Å². The predicted molar refractivity (Wildman–Crippen MR) is 118 cm³/mol. The highest BCUT2D eigenvalue weighted by Crippen LogP contribution is 2.44. The van der Waals surface area contributed by atoms with Gasteiger partial charge in [-0.2, -0.15) is 0 Å². The van der Waals surface area contributed by atoms with Crippen molar-refractivity contribution >= 4 is 34.7 Å². The van der Waals surface area contributed by atoms with Crippen molar-refractivity contribution in [2.75, 3.05) is 11.7 Å². The van der Waals surface area contributed by atoms with E-state index in [1.165, 1.54) is 4.90 Å². The summed E-state index contributed by atoms with van der Waals surface area (Å²) in [5.74, 6) is -0.836. The summed E-state index contributed by atoms with van der Waals surface area (Å²) in [6.07, 6.45) is 3.17. The zero-order chi connectivity index (χ0) is 22.4. The number of rotatable bonds is 3. The fourth-order valence-corrected chi connectivity index (χ4v) is 4.25. The molecule has 1 atom stereocenters. The molecule has 2 aliphatic heterocycles. The smallest absolute Gasteiger partial charge is 0.300 e. The summed E-state index contributed by atoms with van der Waals surface area (Å²) in [6, 6.07) is 12.5. The summed E-state index contributed by atoms with van der Waals surface area (Å²) in [5.41, 5.74) is 2.14. The number of aliphatic hydroxyl groups excluding tert-OH is 1. The molecule has 1 aromatic heterocycles. The molecule has 3 aromatic rings. The Hall–Kier alpha value is -3.84. The molecule has 8 heteroatoms.